The summed E-state index contributed by atoms with van der Waals surface area (Å²) in [6.45, 7) is 8.53. The highest BCUT2D eigenvalue weighted by Crippen LogP contribution is 2.11. The van der Waals surface area contributed by atoms with Crippen LogP contribution in [-0.4, -0.2) is 23.3 Å². The molecule has 0 unspecified atom stereocenters. The summed E-state index contributed by atoms with van der Waals surface area (Å²) in [5.41, 5.74) is 3.83. The van der Waals surface area contributed by atoms with Crippen molar-refractivity contribution in [3.05, 3.63) is 29.8 Å². The molecule has 0 aromatic heterocycles. The Labute approximate surface area is 124 Å². The van der Waals surface area contributed by atoms with E-state index in [9.17, 15) is 9.59 Å². The van der Waals surface area contributed by atoms with Crippen LogP contribution < -0.4 is 10.7 Å². The Kier molecular flexibility index (Phi) is 5.46. The van der Waals surface area contributed by atoms with E-state index < -0.39 is 11.7 Å². The Hall–Kier alpha value is -2.37. The number of hydrazone groups is 1. The third kappa shape index (κ3) is 6.56. The van der Waals surface area contributed by atoms with E-state index in [2.05, 4.69) is 15.8 Å². The van der Waals surface area contributed by atoms with E-state index in [0.29, 0.717) is 11.4 Å². The van der Waals surface area contributed by atoms with Crippen molar-refractivity contribution in [2.24, 2.45) is 5.10 Å². The molecule has 0 saturated carbocycles. The molecule has 1 aromatic carbocycles. The molecular formula is C15H21N3O3. The van der Waals surface area contributed by atoms with Gasteiger partial charge in [0.1, 0.15) is 5.60 Å². The normalized spacial score (nSPS) is 11.8. The SMILES string of the molecule is CC(=O)Nc1cccc(/C(C)=N/NC(=O)OC(C)(C)C)c1. The summed E-state index contributed by atoms with van der Waals surface area (Å²) < 4.78 is 5.09. The molecule has 114 valence electrons. The molecule has 1 rings (SSSR count). The minimum atomic E-state index is -0.611. The van der Waals surface area contributed by atoms with E-state index in [0.717, 1.165) is 5.56 Å². The lowest BCUT2D eigenvalue weighted by Gasteiger charge is -2.18. The minimum Gasteiger partial charge on any atom is -0.443 e. The average molecular weight is 291 g/mol. The molecule has 21 heavy (non-hydrogen) atoms. The van der Waals surface area contributed by atoms with Gasteiger partial charge in [-0.1, -0.05) is 12.1 Å². The van der Waals surface area contributed by atoms with E-state index in [4.69, 9.17) is 4.74 Å². The second kappa shape index (κ2) is 6.88. The van der Waals surface area contributed by atoms with Gasteiger partial charge in [0.25, 0.3) is 0 Å². The van der Waals surface area contributed by atoms with Crippen LogP contribution in [0.1, 0.15) is 40.2 Å². The van der Waals surface area contributed by atoms with Crippen molar-refractivity contribution in [3.63, 3.8) is 0 Å². The highest BCUT2D eigenvalue weighted by atomic mass is 16.6. The number of anilines is 1. The third-order valence-corrected chi connectivity index (χ3v) is 2.31. The van der Waals surface area contributed by atoms with E-state index >= 15 is 0 Å². The molecule has 0 spiro atoms. The minimum absolute atomic E-state index is 0.145. The van der Waals surface area contributed by atoms with Gasteiger partial charge in [0.15, 0.2) is 0 Å². The predicted octanol–water partition coefficient (Wildman–Crippen LogP) is 2.89. The number of carbonyl (C=O) groups excluding carboxylic acids is 2. The van der Waals surface area contributed by atoms with Crippen molar-refractivity contribution in [2.45, 2.75) is 40.2 Å². The molecule has 2 amide bonds. The number of rotatable bonds is 3. The standard InChI is InChI=1S/C15H21N3O3/c1-10(17-18-14(20)21-15(3,4)5)12-7-6-8-13(9-12)16-11(2)19/h6-9H,1-5H3,(H,16,19)(H,18,20)/b17-10+. The Bertz CT molecular complexity index is 560. The quantitative estimate of drug-likeness (QED) is 0.663. The maximum absolute atomic E-state index is 11.5. The largest absolute Gasteiger partial charge is 0.443 e. The van der Waals surface area contributed by atoms with Crippen LogP contribution in [0, 0.1) is 0 Å². The number of carbonyl (C=O) groups is 2. The summed E-state index contributed by atoms with van der Waals surface area (Å²) in [5, 5.41) is 6.67. The molecule has 0 aliphatic carbocycles. The molecule has 6 heteroatoms. The van der Waals surface area contributed by atoms with Crippen LogP contribution in [0.3, 0.4) is 0 Å². The lowest BCUT2D eigenvalue weighted by molar-refractivity contribution is -0.114. The van der Waals surface area contributed by atoms with Crippen LogP contribution in [0.15, 0.2) is 29.4 Å². The predicted molar refractivity (Wildman–Crippen MR) is 82.3 cm³/mol. The molecule has 0 aliphatic rings. The van der Waals surface area contributed by atoms with Gasteiger partial charge in [-0.15, -0.1) is 0 Å². The van der Waals surface area contributed by atoms with Crippen molar-refractivity contribution >= 4 is 23.4 Å². The maximum Gasteiger partial charge on any atom is 0.428 e. The molecule has 0 atom stereocenters. The van der Waals surface area contributed by atoms with Gasteiger partial charge in [-0.25, -0.2) is 10.2 Å². The Balaban J connectivity index is 2.74. The van der Waals surface area contributed by atoms with Crippen molar-refractivity contribution in [1.29, 1.82) is 0 Å². The van der Waals surface area contributed by atoms with Gasteiger partial charge >= 0.3 is 6.09 Å². The number of hydrogen-bond acceptors (Lipinski definition) is 4. The first kappa shape index (κ1) is 16.7. The Morgan fingerprint density at radius 2 is 1.86 bits per heavy atom. The third-order valence-electron chi connectivity index (χ3n) is 2.31. The number of nitrogens with one attached hydrogen (secondary N) is 2. The number of nitrogens with zero attached hydrogens (tertiary/aromatic N) is 1. The molecule has 0 radical (unpaired) electrons. The molecule has 6 nitrogen and oxygen atoms in total. The topological polar surface area (TPSA) is 79.8 Å². The average Bonchev–Trinajstić information content (AvgIpc) is 2.33. The van der Waals surface area contributed by atoms with Crippen LogP contribution in [0.4, 0.5) is 10.5 Å². The number of benzene rings is 1. The first-order chi connectivity index (χ1) is 9.67. The highest BCUT2D eigenvalue weighted by molar-refractivity contribution is 6.00. The van der Waals surface area contributed by atoms with Gasteiger partial charge in [0, 0.05) is 12.6 Å². The Morgan fingerprint density at radius 3 is 2.43 bits per heavy atom. The van der Waals surface area contributed by atoms with Crippen LogP contribution in [0.5, 0.6) is 0 Å². The fourth-order valence-electron chi connectivity index (χ4n) is 1.52. The van der Waals surface area contributed by atoms with E-state index in [1.54, 1.807) is 45.9 Å². The number of amides is 2. The van der Waals surface area contributed by atoms with Gasteiger partial charge in [-0.3, -0.25) is 4.79 Å². The second-order valence-corrected chi connectivity index (χ2v) is 5.57. The van der Waals surface area contributed by atoms with Crippen molar-refractivity contribution < 1.29 is 14.3 Å². The summed E-state index contributed by atoms with van der Waals surface area (Å²) >= 11 is 0. The van der Waals surface area contributed by atoms with Gasteiger partial charge in [0.2, 0.25) is 5.91 Å². The fraction of sp³-hybridized carbons (Fsp3) is 0.400. The highest BCUT2D eigenvalue weighted by Gasteiger charge is 2.15. The molecule has 0 saturated heterocycles. The van der Waals surface area contributed by atoms with Crippen molar-refractivity contribution in [3.8, 4) is 0 Å². The lowest BCUT2D eigenvalue weighted by atomic mass is 10.1. The Morgan fingerprint density at radius 1 is 1.19 bits per heavy atom. The summed E-state index contributed by atoms with van der Waals surface area (Å²) in [7, 11) is 0. The van der Waals surface area contributed by atoms with Crippen LogP contribution in [-0.2, 0) is 9.53 Å². The summed E-state index contributed by atoms with van der Waals surface area (Å²) in [6, 6.07) is 7.19. The summed E-state index contributed by atoms with van der Waals surface area (Å²) in [4.78, 5) is 22.5. The second-order valence-electron chi connectivity index (χ2n) is 5.57. The zero-order chi connectivity index (χ0) is 16.0. The van der Waals surface area contributed by atoms with Gasteiger partial charge < -0.3 is 10.1 Å². The van der Waals surface area contributed by atoms with Gasteiger partial charge in [-0.2, -0.15) is 5.10 Å². The lowest BCUT2D eigenvalue weighted by Crippen LogP contribution is -2.30. The van der Waals surface area contributed by atoms with Crippen LogP contribution >= 0.6 is 0 Å². The smallest absolute Gasteiger partial charge is 0.428 e. The first-order valence-electron chi connectivity index (χ1n) is 6.59. The van der Waals surface area contributed by atoms with Gasteiger partial charge in [-0.05, 0) is 45.4 Å². The molecule has 0 heterocycles. The van der Waals surface area contributed by atoms with Crippen molar-refractivity contribution in [2.75, 3.05) is 5.32 Å². The molecule has 0 fully saturated rings. The molecular weight excluding hydrogens is 270 g/mol. The van der Waals surface area contributed by atoms with E-state index in [1.807, 2.05) is 6.07 Å². The van der Waals surface area contributed by atoms with Gasteiger partial charge in [0.05, 0.1) is 5.71 Å². The zero-order valence-electron chi connectivity index (χ0n) is 13.0. The number of ether oxygens (including phenoxy) is 1. The molecule has 0 aliphatic heterocycles. The van der Waals surface area contributed by atoms with Crippen LogP contribution in [0.2, 0.25) is 0 Å². The fourth-order valence-corrected chi connectivity index (χ4v) is 1.52. The van der Waals surface area contributed by atoms with E-state index in [1.165, 1.54) is 6.92 Å². The molecule has 0 bridgehead atoms. The summed E-state index contributed by atoms with van der Waals surface area (Å²) in [5.74, 6) is -0.145. The van der Waals surface area contributed by atoms with E-state index in [-0.39, 0.29) is 5.91 Å². The van der Waals surface area contributed by atoms with Crippen LogP contribution in [0.25, 0.3) is 0 Å². The monoisotopic (exact) mass is 291 g/mol. The summed E-state index contributed by atoms with van der Waals surface area (Å²) in [6.07, 6.45) is -0.611. The molecule has 1 aromatic rings. The molecule has 2 N–H and O–H groups in total. The maximum atomic E-state index is 11.5. The van der Waals surface area contributed by atoms with Crippen molar-refractivity contribution in [1.82, 2.24) is 5.43 Å². The number of hydrogen-bond donors (Lipinski definition) is 2. The first-order valence-corrected chi connectivity index (χ1v) is 6.59. The zero-order valence-corrected chi connectivity index (χ0v) is 13.0.